The van der Waals surface area contributed by atoms with Crippen LogP contribution in [0.5, 0.6) is 0 Å². The molecule has 2 aromatic heterocycles. The van der Waals surface area contributed by atoms with Crippen LogP contribution in [0, 0.1) is 0 Å². The SMILES string of the molecule is CC(N)C1=Cc2cccnc2S(=O)(=O)N1c1cn[nH]c1. The van der Waals surface area contributed by atoms with E-state index in [1.54, 1.807) is 25.1 Å². The number of aromatic nitrogens is 3. The molecular formula is C12H13N5O2S. The van der Waals surface area contributed by atoms with Crippen LogP contribution in [0.15, 0.2) is 41.4 Å². The predicted octanol–water partition coefficient (Wildman–Crippen LogP) is 0.702. The van der Waals surface area contributed by atoms with Crippen molar-refractivity contribution in [2.75, 3.05) is 4.31 Å². The van der Waals surface area contributed by atoms with E-state index in [1.807, 2.05) is 0 Å². The quantitative estimate of drug-likeness (QED) is 0.847. The topological polar surface area (TPSA) is 105 Å². The highest BCUT2D eigenvalue weighted by Crippen LogP contribution is 2.34. The Bertz CT molecular complexity index is 765. The first kappa shape index (κ1) is 12.8. The fourth-order valence-corrected chi connectivity index (χ4v) is 3.80. The first-order valence-electron chi connectivity index (χ1n) is 5.98. The third-order valence-corrected chi connectivity index (χ3v) is 4.74. The molecule has 1 atom stereocenters. The maximum atomic E-state index is 12.7. The fraction of sp³-hybridized carbons (Fsp3) is 0.167. The lowest BCUT2D eigenvalue weighted by Gasteiger charge is -2.31. The molecule has 0 saturated carbocycles. The van der Waals surface area contributed by atoms with E-state index in [-0.39, 0.29) is 5.03 Å². The van der Waals surface area contributed by atoms with Gasteiger partial charge < -0.3 is 5.73 Å². The van der Waals surface area contributed by atoms with E-state index in [1.165, 1.54) is 22.9 Å². The van der Waals surface area contributed by atoms with Crippen molar-refractivity contribution >= 4 is 21.8 Å². The van der Waals surface area contributed by atoms with E-state index in [0.29, 0.717) is 16.9 Å². The Morgan fingerprint density at radius 2 is 2.25 bits per heavy atom. The number of pyridine rings is 1. The summed E-state index contributed by atoms with van der Waals surface area (Å²) < 4.78 is 26.7. The lowest BCUT2D eigenvalue weighted by molar-refractivity contribution is 0.587. The number of aromatic amines is 1. The Kier molecular flexibility index (Phi) is 2.84. The van der Waals surface area contributed by atoms with Gasteiger partial charge in [0.25, 0.3) is 10.0 Å². The van der Waals surface area contributed by atoms with Gasteiger partial charge in [-0.25, -0.2) is 9.29 Å². The summed E-state index contributed by atoms with van der Waals surface area (Å²) in [5.74, 6) is 0. The van der Waals surface area contributed by atoms with Crippen LogP contribution in [-0.4, -0.2) is 29.6 Å². The van der Waals surface area contributed by atoms with Gasteiger partial charge in [-0.2, -0.15) is 13.5 Å². The Balaban J connectivity index is 2.30. The summed E-state index contributed by atoms with van der Waals surface area (Å²) in [6, 6.07) is 2.94. The number of rotatable bonds is 2. The Morgan fingerprint density at radius 3 is 2.90 bits per heavy atom. The summed E-state index contributed by atoms with van der Waals surface area (Å²) in [6.45, 7) is 1.73. The molecule has 1 unspecified atom stereocenters. The third-order valence-electron chi connectivity index (χ3n) is 3.01. The van der Waals surface area contributed by atoms with Gasteiger partial charge in [-0.1, -0.05) is 6.07 Å². The van der Waals surface area contributed by atoms with Gasteiger partial charge in [0.15, 0.2) is 5.03 Å². The number of nitrogens with one attached hydrogen (secondary N) is 1. The van der Waals surface area contributed by atoms with Gasteiger partial charge >= 0.3 is 0 Å². The van der Waals surface area contributed by atoms with Crippen molar-refractivity contribution in [3.63, 3.8) is 0 Å². The van der Waals surface area contributed by atoms with Crippen LogP contribution in [0.25, 0.3) is 6.08 Å². The highest BCUT2D eigenvalue weighted by molar-refractivity contribution is 7.93. The van der Waals surface area contributed by atoms with Gasteiger partial charge in [-0.15, -0.1) is 0 Å². The van der Waals surface area contributed by atoms with Gasteiger partial charge in [-0.3, -0.25) is 5.10 Å². The summed E-state index contributed by atoms with van der Waals surface area (Å²) >= 11 is 0. The van der Waals surface area contributed by atoms with Gasteiger partial charge in [0.1, 0.15) is 0 Å². The summed E-state index contributed by atoms with van der Waals surface area (Å²) in [5, 5.41) is 6.42. The average Bonchev–Trinajstić information content (AvgIpc) is 2.91. The minimum absolute atomic E-state index is 0.0191. The number of sulfonamides is 1. The molecule has 20 heavy (non-hydrogen) atoms. The van der Waals surface area contributed by atoms with E-state index in [0.717, 1.165) is 0 Å². The van der Waals surface area contributed by atoms with Crippen LogP contribution in [0.2, 0.25) is 0 Å². The van der Waals surface area contributed by atoms with E-state index < -0.39 is 16.1 Å². The molecule has 0 aliphatic carbocycles. The molecule has 1 aliphatic rings. The van der Waals surface area contributed by atoms with Crippen LogP contribution in [0.1, 0.15) is 12.5 Å². The van der Waals surface area contributed by atoms with Gasteiger partial charge in [-0.05, 0) is 19.1 Å². The van der Waals surface area contributed by atoms with Crippen molar-refractivity contribution in [1.82, 2.24) is 15.2 Å². The standard InChI is InChI=1S/C12H13N5O2S/c1-8(13)11-5-9-3-2-4-14-12(9)20(18,19)17(11)10-6-15-16-7-10/h2-8H,13H2,1H3,(H,15,16). The smallest absolute Gasteiger partial charge is 0.286 e. The Labute approximate surface area is 116 Å². The minimum atomic E-state index is -3.79. The van der Waals surface area contributed by atoms with Crippen LogP contribution >= 0.6 is 0 Å². The van der Waals surface area contributed by atoms with Crippen molar-refractivity contribution in [2.45, 2.75) is 18.0 Å². The molecule has 3 heterocycles. The van der Waals surface area contributed by atoms with Crippen molar-refractivity contribution in [3.05, 3.63) is 42.0 Å². The Morgan fingerprint density at radius 1 is 1.45 bits per heavy atom. The molecule has 0 radical (unpaired) electrons. The number of hydrogen-bond donors (Lipinski definition) is 2. The summed E-state index contributed by atoms with van der Waals surface area (Å²) in [5.41, 5.74) is 7.34. The van der Waals surface area contributed by atoms with Crippen molar-refractivity contribution in [3.8, 4) is 0 Å². The normalized spacial score (nSPS) is 18.3. The van der Waals surface area contributed by atoms with Gasteiger partial charge in [0.2, 0.25) is 0 Å². The van der Waals surface area contributed by atoms with Crippen LogP contribution in [0.3, 0.4) is 0 Å². The number of H-pyrrole nitrogens is 1. The maximum absolute atomic E-state index is 12.7. The number of nitrogens with zero attached hydrogens (tertiary/aromatic N) is 3. The monoisotopic (exact) mass is 291 g/mol. The number of fused-ring (bicyclic) bond motifs is 1. The first-order valence-corrected chi connectivity index (χ1v) is 7.42. The van der Waals surface area contributed by atoms with Crippen LogP contribution in [0.4, 0.5) is 5.69 Å². The molecule has 0 saturated heterocycles. The number of anilines is 1. The van der Waals surface area contributed by atoms with Gasteiger partial charge in [0, 0.05) is 24.0 Å². The molecule has 3 N–H and O–H groups in total. The highest BCUT2D eigenvalue weighted by Gasteiger charge is 2.36. The van der Waals surface area contributed by atoms with E-state index in [4.69, 9.17) is 5.73 Å². The molecular weight excluding hydrogens is 278 g/mol. The third kappa shape index (κ3) is 1.81. The van der Waals surface area contributed by atoms with Crippen molar-refractivity contribution in [2.24, 2.45) is 5.73 Å². The molecule has 7 nitrogen and oxygen atoms in total. The Hall–Kier alpha value is -2.19. The second kappa shape index (κ2) is 4.43. The molecule has 0 spiro atoms. The van der Waals surface area contributed by atoms with Crippen molar-refractivity contribution in [1.29, 1.82) is 0 Å². The molecule has 1 aliphatic heterocycles. The fourth-order valence-electron chi connectivity index (χ4n) is 2.13. The molecule has 3 rings (SSSR count). The molecule has 0 fully saturated rings. The average molecular weight is 291 g/mol. The first-order chi connectivity index (χ1) is 9.51. The minimum Gasteiger partial charge on any atom is -0.323 e. The van der Waals surface area contributed by atoms with Crippen LogP contribution in [-0.2, 0) is 10.0 Å². The second-order valence-electron chi connectivity index (χ2n) is 4.48. The van der Waals surface area contributed by atoms with Crippen LogP contribution < -0.4 is 10.0 Å². The number of hydrogen-bond acceptors (Lipinski definition) is 5. The van der Waals surface area contributed by atoms with E-state index in [2.05, 4.69) is 15.2 Å². The van der Waals surface area contributed by atoms with Gasteiger partial charge in [0.05, 0.1) is 17.6 Å². The maximum Gasteiger partial charge on any atom is 0.286 e. The second-order valence-corrected chi connectivity index (χ2v) is 6.18. The highest BCUT2D eigenvalue weighted by atomic mass is 32.2. The molecule has 104 valence electrons. The summed E-state index contributed by atoms with van der Waals surface area (Å²) in [7, 11) is -3.79. The number of nitrogens with two attached hydrogens (primary N) is 1. The molecule has 0 bridgehead atoms. The lowest BCUT2D eigenvalue weighted by atomic mass is 10.1. The summed E-state index contributed by atoms with van der Waals surface area (Å²) in [6.07, 6.45) is 6.12. The van der Waals surface area contributed by atoms with E-state index >= 15 is 0 Å². The van der Waals surface area contributed by atoms with Crippen molar-refractivity contribution < 1.29 is 8.42 Å². The molecule has 2 aromatic rings. The zero-order valence-corrected chi connectivity index (χ0v) is 11.5. The molecule has 0 aromatic carbocycles. The lowest BCUT2D eigenvalue weighted by Crippen LogP contribution is -2.40. The molecule has 8 heteroatoms. The predicted molar refractivity (Wildman–Crippen MR) is 74.1 cm³/mol. The zero-order chi connectivity index (χ0) is 14.3. The summed E-state index contributed by atoms with van der Waals surface area (Å²) in [4.78, 5) is 3.98. The largest absolute Gasteiger partial charge is 0.323 e. The van der Waals surface area contributed by atoms with E-state index in [9.17, 15) is 8.42 Å². The molecule has 0 amide bonds. The zero-order valence-electron chi connectivity index (χ0n) is 10.7.